The number of benzene rings is 1. The van der Waals surface area contributed by atoms with Crippen molar-refractivity contribution in [1.82, 2.24) is 10.6 Å². The van der Waals surface area contributed by atoms with E-state index in [0.29, 0.717) is 6.54 Å². The van der Waals surface area contributed by atoms with E-state index in [1.54, 1.807) is 5.32 Å². The van der Waals surface area contributed by atoms with Gasteiger partial charge in [-0.05, 0) is 6.92 Å². The van der Waals surface area contributed by atoms with Crippen molar-refractivity contribution in [2.75, 3.05) is 18.4 Å². The number of nitrogens with one attached hydrogen (secondary N) is 3. The summed E-state index contributed by atoms with van der Waals surface area (Å²) in [6.07, 6.45) is 0. The summed E-state index contributed by atoms with van der Waals surface area (Å²) in [6, 6.07) is -0.737. The highest BCUT2D eigenvalue weighted by Gasteiger charge is 2.29. The van der Waals surface area contributed by atoms with Gasteiger partial charge in [-0.2, -0.15) is 0 Å². The lowest BCUT2D eigenvalue weighted by Crippen LogP contribution is -2.57. The molecule has 1 aliphatic heterocycles. The Morgan fingerprint density at radius 3 is 1.95 bits per heavy atom. The fourth-order valence-corrected chi connectivity index (χ4v) is 1.89. The molecule has 0 aromatic heterocycles. The maximum atomic E-state index is 13.4. The zero-order valence-corrected chi connectivity index (χ0v) is 10.9. The molecule has 1 aromatic carbocycles. The van der Waals surface area contributed by atoms with Gasteiger partial charge >= 0.3 is 0 Å². The first-order valence-corrected chi connectivity index (χ1v) is 6.12. The van der Waals surface area contributed by atoms with Gasteiger partial charge in [0.1, 0.15) is 5.69 Å². The Bertz CT molecular complexity index is 543. The summed E-state index contributed by atoms with van der Waals surface area (Å²) in [5.41, 5.74) is -1.35. The second-order valence-corrected chi connectivity index (χ2v) is 4.70. The van der Waals surface area contributed by atoms with Crippen LogP contribution in [-0.4, -0.2) is 31.1 Å². The number of amides is 1. The van der Waals surface area contributed by atoms with Crippen LogP contribution in [0.3, 0.4) is 0 Å². The maximum Gasteiger partial charge on any atom is 0.242 e. The van der Waals surface area contributed by atoms with E-state index in [-0.39, 0.29) is 12.6 Å². The third-order valence-electron chi connectivity index (χ3n) is 3.12. The molecule has 1 fully saturated rings. The van der Waals surface area contributed by atoms with Crippen molar-refractivity contribution in [2.24, 2.45) is 0 Å². The predicted molar refractivity (Wildman–Crippen MR) is 64.1 cm³/mol. The van der Waals surface area contributed by atoms with E-state index in [2.05, 4.69) is 10.6 Å². The van der Waals surface area contributed by atoms with Crippen LogP contribution in [0.2, 0.25) is 0 Å². The highest BCUT2D eigenvalue weighted by Crippen LogP contribution is 2.27. The average Bonchev–Trinajstić information content (AvgIpc) is 2.48. The summed E-state index contributed by atoms with van der Waals surface area (Å²) in [7, 11) is 0. The first-order chi connectivity index (χ1) is 9.82. The standard InChI is InChI=1S/C12H12F5N3O/c1-4-2-19-5(3-18-4)12(21)20-11-9(16)7(14)6(13)8(15)10(11)17/h4-5,18-19H,2-3H2,1H3,(H,20,21). The van der Waals surface area contributed by atoms with Gasteiger partial charge in [0.2, 0.25) is 11.7 Å². The molecular weight excluding hydrogens is 297 g/mol. The lowest BCUT2D eigenvalue weighted by molar-refractivity contribution is -0.118. The molecule has 1 amide bonds. The highest BCUT2D eigenvalue weighted by atomic mass is 19.2. The molecule has 0 spiro atoms. The average molecular weight is 309 g/mol. The van der Waals surface area contributed by atoms with Gasteiger partial charge < -0.3 is 16.0 Å². The second-order valence-electron chi connectivity index (χ2n) is 4.70. The van der Waals surface area contributed by atoms with Crippen LogP contribution in [-0.2, 0) is 4.79 Å². The second kappa shape index (κ2) is 5.94. The van der Waals surface area contributed by atoms with Gasteiger partial charge in [-0.15, -0.1) is 0 Å². The van der Waals surface area contributed by atoms with E-state index >= 15 is 0 Å². The summed E-state index contributed by atoms with van der Waals surface area (Å²) in [4.78, 5) is 11.8. The molecule has 0 aliphatic carbocycles. The van der Waals surface area contributed by atoms with Crippen LogP contribution in [0.25, 0.3) is 0 Å². The lowest BCUT2D eigenvalue weighted by Gasteiger charge is -2.28. The molecule has 2 rings (SSSR count). The summed E-state index contributed by atoms with van der Waals surface area (Å²) >= 11 is 0. The van der Waals surface area contributed by atoms with Crippen LogP contribution in [0.4, 0.5) is 27.6 Å². The van der Waals surface area contributed by atoms with E-state index in [4.69, 9.17) is 0 Å². The third kappa shape index (κ3) is 2.98. The minimum atomic E-state index is -2.27. The molecular formula is C12H12F5N3O. The van der Waals surface area contributed by atoms with Crippen LogP contribution >= 0.6 is 0 Å². The third-order valence-corrected chi connectivity index (χ3v) is 3.12. The first kappa shape index (κ1) is 15.6. The van der Waals surface area contributed by atoms with E-state index in [0.717, 1.165) is 0 Å². The molecule has 0 radical (unpaired) electrons. The Morgan fingerprint density at radius 1 is 0.952 bits per heavy atom. The Morgan fingerprint density at radius 2 is 1.48 bits per heavy atom. The van der Waals surface area contributed by atoms with E-state index in [1.165, 1.54) is 0 Å². The molecule has 2 atom stereocenters. The number of hydrogen-bond acceptors (Lipinski definition) is 3. The molecule has 1 heterocycles. The molecule has 4 nitrogen and oxygen atoms in total. The summed E-state index contributed by atoms with van der Waals surface area (Å²) in [5.74, 6) is -11.5. The quantitative estimate of drug-likeness (QED) is 0.438. The number of anilines is 1. The van der Waals surface area contributed by atoms with Crippen LogP contribution in [0.5, 0.6) is 0 Å². The van der Waals surface area contributed by atoms with Crippen molar-refractivity contribution >= 4 is 11.6 Å². The monoisotopic (exact) mass is 309 g/mol. The van der Waals surface area contributed by atoms with Gasteiger partial charge in [0.05, 0.1) is 6.04 Å². The minimum absolute atomic E-state index is 0.100. The number of carbonyl (C=O) groups is 1. The molecule has 116 valence electrons. The van der Waals surface area contributed by atoms with E-state index < -0.39 is 46.7 Å². The van der Waals surface area contributed by atoms with Crippen LogP contribution < -0.4 is 16.0 Å². The van der Waals surface area contributed by atoms with Crippen molar-refractivity contribution in [1.29, 1.82) is 0 Å². The molecule has 1 aliphatic rings. The normalized spacial score (nSPS) is 22.2. The smallest absolute Gasteiger partial charge is 0.242 e. The fourth-order valence-electron chi connectivity index (χ4n) is 1.89. The topological polar surface area (TPSA) is 53.2 Å². The summed E-state index contributed by atoms with van der Waals surface area (Å²) in [5, 5.41) is 7.46. The SMILES string of the molecule is CC1CNC(C(=O)Nc2c(F)c(F)c(F)c(F)c2F)CN1. The van der Waals surface area contributed by atoms with Gasteiger partial charge in [-0.1, -0.05) is 0 Å². The number of halogens is 5. The molecule has 9 heteroatoms. The van der Waals surface area contributed by atoms with Crippen LogP contribution in [0, 0.1) is 29.1 Å². The molecule has 1 aromatic rings. The van der Waals surface area contributed by atoms with Gasteiger partial charge in [0, 0.05) is 19.1 Å². The van der Waals surface area contributed by atoms with Gasteiger partial charge in [0.15, 0.2) is 23.3 Å². The first-order valence-electron chi connectivity index (χ1n) is 6.12. The molecule has 2 unspecified atom stereocenters. The Labute approximate surface area is 116 Å². The number of carbonyl (C=O) groups excluding carboxylic acids is 1. The predicted octanol–water partition coefficient (Wildman–Crippen LogP) is 1.27. The van der Waals surface area contributed by atoms with Crippen molar-refractivity contribution in [3.05, 3.63) is 29.1 Å². The zero-order chi connectivity index (χ0) is 15.7. The zero-order valence-electron chi connectivity index (χ0n) is 10.9. The molecule has 0 saturated carbocycles. The Balaban J connectivity index is 2.22. The molecule has 3 N–H and O–H groups in total. The van der Waals surface area contributed by atoms with Crippen molar-refractivity contribution in [2.45, 2.75) is 19.0 Å². The lowest BCUT2D eigenvalue weighted by atomic mass is 10.1. The number of hydrogen-bond donors (Lipinski definition) is 3. The van der Waals surface area contributed by atoms with Gasteiger partial charge in [0.25, 0.3) is 0 Å². The fraction of sp³-hybridized carbons (Fsp3) is 0.417. The molecule has 21 heavy (non-hydrogen) atoms. The minimum Gasteiger partial charge on any atom is -0.320 e. The van der Waals surface area contributed by atoms with Crippen LogP contribution in [0.1, 0.15) is 6.92 Å². The van der Waals surface area contributed by atoms with Gasteiger partial charge in [-0.3, -0.25) is 4.79 Å². The van der Waals surface area contributed by atoms with Crippen molar-refractivity contribution in [3.63, 3.8) is 0 Å². The van der Waals surface area contributed by atoms with Crippen molar-refractivity contribution in [3.8, 4) is 0 Å². The van der Waals surface area contributed by atoms with Gasteiger partial charge in [-0.25, -0.2) is 22.0 Å². The maximum absolute atomic E-state index is 13.4. The van der Waals surface area contributed by atoms with Crippen LogP contribution in [0.15, 0.2) is 0 Å². The highest BCUT2D eigenvalue weighted by molar-refractivity contribution is 5.95. The molecule has 1 saturated heterocycles. The number of rotatable bonds is 2. The van der Waals surface area contributed by atoms with E-state index in [9.17, 15) is 26.7 Å². The summed E-state index contributed by atoms with van der Waals surface area (Å²) < 4.78 is 65.7. The Kier molecular flexibility index (Phi) is 4.43. The number of piperazine rings is 1. The summed E-state index contributed by atoms with van der Waals surface area (Å²) in [6.45, 7) is 2.45. The van der Waals surface area contributed by atoms with Crippen molar-refractivity contribution < 1.29 is 26.7 Å². The molecule has 0 bridgehead atoms. The Hall–Kier alpha value is -1.74. The van der Waals surface area contributed by atoms with E-state index in [1.807, 2.05) is 6.92 Å². The largest absolute Gasteiger partial charge is 0.320 e.